The van der Waals surface area contributed by atoms with Gasteiger partial charge in [-0.25, -0.2) is 18.2 Å². The van der Waals surface area contributed by atoms with E-state index in [1.54, 1.807) is 37.6 Å². The highest BCUT2D eigenvalue weighted by Crippen LogP contribution is 2.44. The lowest BCUT2D eigenvalue weighted by Crippen LogP contribution is -2.58. The summed E-state index contributed by atoms with van der Waals surface area (Å²) in [7, 11) is 0. The van der Waals surface area contributed by atoms with Gasteiger partial charge in [0, 0.05) is 66.4 Å². The molecule has 2 aliphatic heterocycles. The molecule has 0 aliphatic carbocycles. The molecule has 72 heavy (non-hydrogen) atoms. The van der Waals surface area contributed by atoms with Crippen molar-refractivity contribution in [2.75, 3.05) is 46.1 Å². The minimum atomic E-state index is -1.62. The van der Waals surface area contributed by atoms with Gasteiger partial charge >= 0.3 is 0 Å². The molecule has 0 spiro atoms. The summed E-state index contributed by atoms with van der Waals surface area (Å²) in [4.78, 5) is 52.6. The second-order valence-electron chi connectivity index (χ2n) is 20.7. The van der Waals surface area contributed by atoms with Gasteiger partial charge < -0.3 is 44.6 Å². The number of hydrogen-bond acceptors (Lipinski definition) is 11. The summed E-state index contributed by atoms with van der Waals surface area (Å²) in [6.07, 6.45) is -1.04. The van der Waals surface area contributed by atoms with Crippen LogP contribution in [0, 0.1) is 24.0 Å². The molecule has 7 atom stereocenters. The van der Waals surface area contributed by atoms with Gasteiger partial charge in [0.15, 0.2) is 0 Å². The van der Waals surface area contributed by atoms with Crippen molar-refractivity contribution in [1.29, 1.82) is 0 Å². The van der Waals surface area contributed by atoms with Gasteiger partial charge in [-0.1, -0.05) is 63.2 Å². The molecule has 18 heteroatoms. The van der Waals surface area contributed by atoms with Crippen LogP contribution in [-0.2, 0) is 41.6 Å². The van der Waals surface area contributed by atoms with E-state index in [-0.39, 0.29) is 76.4 Å². The fourth-order valence-corrected chi connectivity index (χ4v) is 10.3. The number of aliphatic hydroxyl groups is 1. The average molecular weight is 1020 g/mol. The monoisotopic (exact) mass is 1020 g/mol. The molecule has 7 rings (SSSR count). The first-order valence-electron chi connectivity index (χ1n) is 24.6. The quantitative estimate of drug-likeness (QED) is 0.0530. The number of ether oxygens (including phenoxy) is 4. The summed E-state index contributed by atoms with van der Waals surface area (Å²) in [6.45, 7) is 15.9. The maximum absolute atomic E-state index is 16.1. The fourth-order valence-electron chi connectivity index (χ4n) is 9.51. The molecular formula is C54H69F3N6O8S. The Bertz CT molecular complexity index is 2640. The average Bonchev–Trinajstić information content (AvgIpc) is 4.04. The van der Waals surface area contributed by atoms with Crippen LogP contribution in [0.5, 0.6) is 5.75 Å². The lowest BCUT2D eigenvalue weighted by Gasteiger charge is -2.43. The number of benzene rings is 3. The van der Waals surface area contributed by atoms with Gasteiger partial charge in [-0.2, -0.15) is 0 Å². The third kappa shape index (κ3) is 13.2. The standard InChI is InChI=1S/C54H69F3N6O8S/c1-31-22-40-39-12-10-11-13-43(39)60-47(40)48(63(31)29-54(8,9)57)46-41(55)24-38(25-42(46)56)71-21-20-70-34(4)33(3)69-19-18-68-28-45(65)61-50(53(5,6)7)52(67)62-27-37(64)23-44(62)51(66)58-26-35-14-16-36(17-15-35)49-32(2)59-30-72-49/h10-17,24-25,30-31,33-34,37,44,48,50,60,64H,18-23,26-29H2,1-9H3,(H,58,66)(H,61,65)/t31-,33?,34?,37-,44+,48-,50?/m1/s1. The first-order chi connectivity index (χ1) is 34.1. The van der Waals surface area contributed by atoms with Crippen LogP contribution >= 0.6 is 11.3 Å². The number of aryl methyl sites for hydroxylation is 1. The van der Waals surface area contributed by atoms with E-state index in [2.05, 4.69) is 20.6 Å². The molecule has 14 nitrogen and oxygen atoms in total. The Morgan fingerprint density at radius 2 is 1.62 bits per heavy atom. The summed E-state index contributed by atoms with van der Waals surface area (Å²) in [6, 6.07) is 14.8. The first kappa shape index (κ1) is 54.4. The van der Waals surface area contributed by atoms with Gasteiger partial charge in [-0.3, -0.25) is 19.3 Å². The number of halogens is 3. The number of thiazole rings is 1. The number of aliphatic hydroxyl groups excluding tert-OH is 1. The molecule has 1 saturated heterocycles. The van der Waals surface area contributed by atoms with Crippen LogP contribution in [0.2, 0.25) is 0 Å². The SMILES string of the molecule is Cc1ncsc1-c1ccc(CNC(=O)[C@@H]2C[C@@H](O)CN2C(=O)C(NC(=O)COCCOC(C)C(C)OCCOc2cc(F)c([C@@H]3c4[nH]c5ccccc5c4C[C@@H](C)N3CC(C)(C)F)c(F)c2)C(C)(C)C)cc1. The Kier molecular flexibility index (Phi) is 17.6. The second kappa shape index (κ2) is 23.2. The Morgan fingerprint density at radius 3 is 2.26 bits per heavy atom. The van der Waals surface area contributed by atoms with Crippen molar-refractivity contribution < 1.29 is 51.6 Å². The highest BCUT2D eigenvalue weighted by Gasteiger charge is 2.45. The van der Waals surface area contributed by atoms with E-state index >= 15 is 13.2 Å². The number of para-hydroxylation sites is 1. The van der Waals surface area contributed by atoms with E-state index in [1.807, 2.05) is 81.1 Å². The molecule has 4 N–H and O–H groups in total. The smallest absolute Gasteiger partial charge is 0.246 e. The molecular weight excluding hydrogens is 950 g/mol. The summed E-state index contributed by atoms with van der Waals surface area (Å²) >= 11 is 1.56. The minimum Gasteiger partial charge on any atom is -0.491 e. The largest absolute Gasteiger partial charge is 0.491 e. The predicted molar refractivity (Wildman–Crippen MR) is 270 cm³/mol. The zero-order chi connectivity index (χ0) is 52.1. The first-order valence-corrected chi connectivity index (χ1v) is 25.5. The van der Waals surface area contributed by atoms with Crippen LogP contribution in [0.25, 0.3) is 21.3 Å². The van der Waals surface area contributed by atoms with Crippen LogP contribution in [0.15, 0.2) is 66.2 Å². The Labute approximate surface area is 424 Å². The maximum atomic E-state index is 16.1. The third-order valence-corrected chi connectivity index (χ3v) is 14.3. The van der Waals surface area contributed by atoms with E-state index in [0.717, 1.165) is 50.3 Å². The molecule has 0 radical (unpaired) electrons. The number of aromatic amines is 1. The number of alkyl halides is 1. The van der Waals surface area contributed by atoms with Gasteiger partial charge in [-0.05, 0) is 76.1 Å². The molecule has 1 fully saturated rings. The Morgan fingerprint density at radius 1 is 0.958 bits per heavy atom. The molecule has 3 amide bonds. The summed E-state index contributed by atoms with van der Waals surface area (Å²) in [5, 5.41) is 17.3. The lowest BCUT2D eigenvalue weighted by molar-refractivity contribution is -0.144. The summed E-state index contributed by atoms with van der Waals surface area (Å²) in [5.74, 6) is -3.02. The topological polar surface area (TPSA) is 168 Å². The van der Waals surface area contributed by atoms with Crippen LogP contribution in [-0.4, -0.2) is 131 Å². The number of fused-ring (bicyclic) bond motifs is 3. The van der Waals surface area contributed by atoms with E-state index < -0.39 is 76.9 Å². The number of amides is 3. The summed E-state index contributed by atoms with van der Waals surface area (Å²) < 4.78 is 70.5. The number of carbonyl (C=O) groups is 3. The number of rotatable bonds is 21. The third-order valence-electron chi connectivity index (χ3n) is 13.3. The number of β-amino-alcohol motifs (C(OH)–C–C–N with tert-alkyl or cyclic N) is 1. The number of hydrogen-bond donors (Lipinski definition) is 4. The molecule has 2 aromatic heterocycles. The van der Waals surface area contributed by atoms with Gasteiger partial charge in [0.2, 0.25) is 17.7 Å². The summed E-state index contributed by atoms with van der Waals surface area (Å²) in [5.41, 5.74) is 4.58. The van der Waals surface area contributed by atoms with Gasteiger partial charge in [0.25, 0.3) is 0 Å². The van der Waals surface area contributed by atoms with Crippen molar-refractivity contribution in [3.63, 3.8) is 0 Å². The van der Waals surface area contributed by atoms with Crippen molar-refractivity contribution in [2.45, 2.75) is 130 Å². The van der Waals surface area contributed by atoms with Crippen molar-refractivity contribution in [3.8, 4) is 16.2 Å². The zero-order valence-corrected chi connectivity index (χ0v) is 43.5. The predicted octanol–water partition coefficient (Wildman–Crippen LogP) is 7.98. The molecule has 0 bridgehead atoms. The van der Waals surface area contributed by atoms with Crippen molar-refractivity contribution in [1.82, 2.24) is 30.4 Å². The highest BCUT2D eigenvalue weighted by molar-refractivity contribution is 7.13. The van der Waals surface area contributed by atoms with Crippen LogP contribution in [0.4, 0.5) is 13.2 Å². The molecule has 0 saturated carbocycles. The van der Waals surface area contributed by atoms with E-state index in [4.69, 9.17) is 18.9 Å². The highest BCUT2D eigenvalue weighted by atomic mass is 32.1. The number of likely N-dealkylation sites (tertiary alicyclic amines) is 1. The van der Waals surface area contributed by atoms with Gasteiger partial charge in [-0.15, -0.1) is 11.3 Å². The van der Waals surface area contributed by atoms with Gasteiger partial charge in [0.1, 0.15) is 48.4 Å². The zero-order valence-electron chi connectivity index (χ0n) is 42.7. The van der Waals surface area contributed by atoms with E-state index in [1.165, 1.54) is 18.7 Å². The Hall–Kier alpha value is -5.37. The van der Waals surface area contributed by atoms with Crippen LogP contribution in [0.1, 0.15) is 95.9 Å². The number of aromatic nitrogens is 2. The van der Waals surface area contributed by atoms with E-state index in [9.17, 15) is 19.5 Å². The van der Waals surface area contributed by atoms with Crippen molar-refractivity contribution >= 4 is 40.0 Å². The lowest BCUT2D eigenvalue weighted by atomic mass is 9.85. The fraction of sp³-hybridized carbons (Fsp3) is 0.519. The molecule has 390 valence electrons. The molecule has 4 heterocycles. The number of nitrogens with zero attached hydrogens (tertiary/aromatic N) is 3. The number of nitrogens with one attached hydrogen (secondary N) is 3. The number of carbonyl (C=O) groups excluding carboxylic acids is 3. The van der Waals surface area contributed by atoms with Crippen molar-refractivity contribution in [2.24, 2.45) is 5.41 Å². The molecule has 3 aromatic carbocycles. The Balaban J connectivity index is 0.836. The minimum absolute atomic E-state index is 0.00334. The normalized spacial score (nSPS) is 19.8. The van der Waals surface area contributed by atoms with Crippen molar-refractivity contribution in [3.05, 3.63) is 106 Å². The van der Waals surface area contributed by atoms with Gasteiger partial charge in [0.05, 0.1) is 60.3 Å². The maximum Gasteiger partial charge on any atom is 0.246 e. The van der Waals surface area contributed by atoms with Crippen LogP contribution in [0.3, 0.4) is 0 Å². The molecule has 2 aliphatic rings. The number of H-pyrrole nitrogens is 1. The second-order valence-corrected chi connectivity index (χ2v) is 21.6. The molecule has 3 unspecified atom stereocenters. The van der Waals surface area contributed by atoms with Crippen LogP contribution < -0.4 is 15.4 Å². The van der Waals surface area contributed by atoms with E-state index in [0.29, 0.717) is 12.1 Å². The molecule has 5 aromatic rings.